The van der Waals surface area contributed by atoms with E-state index in [0.717, 1.165) is 5.56 Å². The highest BCUT2D eigenvalue weighted by Gasteiger charge is 2.28. The van der Waals surface area contributed by atoms with E-state index in [1.54, 1.807) is 18.3 Å². The molecule has 0 radical (unpaired) electrons. The number of halogens is 1. The molecule has 1 saturated heterocycles. The predicted molar refractivity (Wildman–Crippen MR) is 110 cm³/mol. The van der Waals surface area contributed by atoms with Crippen LogP contribution in [0.2, 0.25) is 0 Å². The summed E-state index contributed by atoms with van der Waals surface area (Å²) in [7, 11) is -2.86. The minimum absolute atomic E-state index is 0. The summed E-state index contributed by atoms with van der Waals surface area (Å²) >= 11 is 1.54. The SMILES string of the molecule is CCNC(=NCC(C)(O)c1ccsc1)NCC1CCS(=O)(=O)C1.I. The Balaban J connectivity index is 0.00000288. The number of hydrogen-bond donors (Lipinski definition) is 3. The molecule has 1 aliphatic heterocycles. The van der Waals surface area contributed by atoms with E-state index >= 15 is 0 Å². The van der Waals surface area contributed by atoms with Crippen molar-refractivity contribution in [1.82, 2.24) is 10.6 Å². The number of guanidine groups is 1. The smallest absolute Gasteiger partial charge is 0.191 e. The van der Waals surface area contributed by atoms with Gasteiger partial charge in [-0.05, 0) is 48.6 Å². The van der Waals surface area contributed by atoms with Gasteiger partial charge in [-0.1, -0.05) is 0 Å². The van der Waals surface area contributed by atoms with Gasteiger partial charge in [0.05, 0.1) is 18.1 Å². The summed E-state index contributed by atoms with van der Waals surface area (Å²) in [5.74, 6) is 1.25. The van der Waals surface area contributed by atoms with Crippen molar-refractivity contribution < 1.29 is 13.5 Å². The lowest BCUT2D eigenvalue weighted by molar-refractivity contribution is 0.0677. The van der Waals surface area contributed by atoms with Crippen LogP contribution in [-0.2, 0) is 15.4 Å². The molecule has 2 unspecified atom stereocenters. The maximum absolute atomic E-state index is 11.5. The molecule has 138 valence electrons. The van der Waals surface area contributed by atoms with E-state index < -0.39 is 15.4 Å². The molecule has 0 aromatic carbocycles. The Kier molecular flexibility index (Phi) is 8.43. The summed E-state index contributed by atoms with van der Waals surface area (Å²) in [5.41, 5.74) is -0.164. The largest absolute Gasteiger partial charge is 0.383 e. The number of rotatable bonds is 6. The first-order valence-electron chi connectivity index (χ1n) is 7.80. The molecule has 0 aliphatic carbocycles. The van der Waals surface area contributed by atoms with E-state index in [0.29, 0.717) is 25.5 Å². The highest BCUT2D eigenvalue weighted by atomic mass is 127. The molecule has 2 atom stereocenters. The minimum atomic E-state index is -2.86. The zero-order chi connectivity index (χ0) is 16.9. The van der Waals surface area contributed by atoms with Crippen molar-refractivity contribution in [2.24, 2.45) is 10.9 Å². The van der Waals surface area contributed by atoms with Crippen LogP contribution < -0.4 is 10.6 Å². The second kappa shape index (κ2) is 9.35. The molecule has 24 heavy (non-hydrogen) atoms. The lowest BCUT2D eigenvalue weighted by atomic mass is 10.00. The minimum Gasteiger partial charge on any atom is -0.383 e. The van der Waals surface area contributed by atoms with Crippen LogP contribution in [-0.4, -0.2) is 50.6 Å². The van der Waals surface area contributed by atoms with Crippen LogP contribution in [0.4, 0.5) is 0 Å². The number of nitrogens with one attached hydrogen (secondary N) is 2. The van der Waals surface area contributed by atoms with Gasteiger partial charge >= 0.3 is 0 Å². The van der Waals surface area contributed by atoms with E-state index in [1.807, 2.05) is 23.8 Å². The van der Waals surface area contributed by atoms with E-state index in [9.17, 15) is 13.5 Å². The molecule has 0 bridgehead atoms. The molecule has 2 heterocycles. The third-order valence-electron chi connectivity index (χ3n) is 3.92. The molecular formula is C15H26IN3O3S2. The van der Waals surface area contributed by atoms with Crippen molar-refractivity contribution in [3.05, 3.63) is 22.4 Å². The second-order valence-corrected chi connectivity index (χ2v) is 9.14. The van der Waals surface area contributed by atoms with Gasteiger partial charge in [-0.2, -0.15) is 11.3 Å². The molecule has 1 fully saturated rings. The van der Waals surface area contributed by atoms with Crippen LogP contribution in [0.5, 0.6) is 0 Å². The number of sulfone groups is 1. The molecule has 0 amide bonds. The summed E-state index contributed by atoms with van der Waals surface area (Å²) in [6.45, 7) is 5.23. The Bertz CT molecular complexity index is 630. The average Bonchev–Trinajstić information content (AvgIpc) is 3.12. The quantitative estimate of drug-likeness (QED) is 0.322. The number of hydrogen-bond acceptors (Lipinski definition) is 5. The molecule has 0 saturated carbocycles. The van der Waals surface area contributed by atoms with Crippen LogP contribution >= 0.6 is 35.3 Å². The lowest BCUT2D eigenvalue weighted by Gasteiger charge is -2.21. The van der Waals surface area contributed by atoms with Crippen molar-refractivity contribution in [2.45, 2.75) is 25.9 Å². The topological polar surface area (TPSA) is 90.8 Å². The Hall–Kier alpha value is -0.390. The molecule has 9 heteroatoms. The fourth-order valence-electron chi connectivity index (χ4n) is 2.51. The molecule has 1 aromatic heterocycles. The summed E-state index contributed by atoms with van der Waals surface area (Å²) in [6, 6.07) is 1.89. The van der Waals surface area contributed by atoms with Crippen LogP contribution in [0.1, 0.15) is 25.8 Å². The molecule has 3 N–H and O–H groups in total. The van der Waals surface area contributed by atoms with Gasteiger partial charge in [0, 0.05) is 13.1 Å². The molecule has 1 aromatic rings. The number of thiophene rings is 1. The molecule has 2 rings (SSSR count). The van der Waals surface area contributed by atoms with Gasteiger partial charge in [0.25, 0.3) is 0 Å². The van der Waals surface area contributed by atoms with Crippen LogP contribution in [0.15, 0.2) is 21.8 Å². The molecule has 0 spiro atoms. The summed E-state index contributed by atoms with van der Waals surface area (Å²) in [4.78, 5) is 4.44. The Morgan fingerprint density at radius 1 is 1.50 bits per heavy atom. The normalized spacial score (nSPS) is 22.5. The van der Waals surface area contributed by atoms with Gasteiger partial charge in [-0.25, -0.2) is 13.4 Å². The van der Waals surface area contributed by atoms with Gasteiger partial charge in [-0.15, -0.1) is 24.0 Å². The van der Waals surface area contributed by atoms with Gasteiger partial charge < -0.3 is 15.7 Å². The Labute approximate surface area is 165 Å². The van der Waals surface area contributed by atoms with Crippen LogP contribution in [0.25, 0.3) is 0 Å². The molecule has 1 aliphatic rings. The van der Waals surface area contributed by atoms with E-state index in [2.05, 4.69) is 15.6 Å². The third-order valence-corrected chi connectivity index (χ3v) is 6.44. The zero-order valence-electron chi connectivity index (χ0n) is 14.0. The maximum Gasteiger partial charge on any atom is 0.191 e. The molecule has 6 nitrogen and oxygen atoms in total. The highest BCUT2D eigenvalue weighted by Crippen LogP contribution is 2.23. The highest BCUT2D eigenvalue weighted by molar-refractivity contribution is 14.0. The maximum atomic E-state index is 11.5. The van der Waals surface area contributed by atoms with Crippen LogP contribution in [0, 0.1) is 5.92 Å². The van der Waals surface area contributed by atoms with Crippen molar-refractivity contribution in [1.29, 1.82) is 0 Å². The number of nitrogens with zero attached hydrogens (tertiary/aromatic N) is 1. The van der Waals surface area contributed by atoms with E-state index in [4.69, 9.17) is 0 Å². The molecular weight excluding hydrogens is 461 g/mol. The van der Waals surface area contributed by atoms with Gasteiger partial charge in [0.1, 0.15) is 5.60 Å². The lowest BCUT2D eigenvalue weighted by Crippen LogP contribution is -2.41. The first-order valence-corrected chi connectivity index (χ1v) is 10.6. The zero-order valence-corrected chi connectivity index (χ0v) is 18.0. The standard InChI is InChI=1S/C15H25N3O3S2.HI/c1-3-16-14(17-8-12-5-7-23(20,21)10-12)18-11-15(2,19)13-4-6-22-9-13;/h4,6,9,12,19H,3,5,7-8,10-11H2,1-2H3,(H2,16,17,18);1H. The summed E-state index contributed by atoms with van der Waals surface area (Å²) in [6.07, 6.45) is 0.696. The van der Waals surface area contributed by atoms with Gasteiger partial charge in [-0.3, -0.25) is 0 Å². The van der Waals surface area contributed by atoms with Crippen LogP contribution in [0.3, 0.4) is 0 Å². The van der Waals surface area contributed by atoms with E-state index in [1.165, 1.54) is 0 Å². The summed E-state index contributed by atoms with van der Waals surface area (Å²) < 4.78 is 23.0. The monoisotopic (exact) mass is 487 g/mol. The Morgan fingerprint density at radius 2 is 2.25 bits per heavy atom. The number of aliphatic imine (C=N–C) groups is 1. The fourth-order valence-corrected chi connectivity index (χ4v) is 5.16. The summed E-state index contributed by atoms with van der Waals surface area (Å²) in [5, 5.41) is 20.7. The van der Waals surface area contributed by atoms with E-state index in [-0.39, 0.29) is 47.9 Å². The van der Waals surface area contributed by atoms with Crippen molar-refractivity contribution in [2.75, 3.05) is 31.1 Å². The second-order valence-electron chi connectivity index (χ2n) is 6.13. The first-order chi connectivity index (χ1) is 10.8. The van der Waals surface area contributed by atoms with Crippen molar-refractivity contribution in [3.63, 3.8) is 0 Å². The van der Waals surface area contributed by atoms with Gasteiger partial charge in [0.2, 0.25) is 0 Å². The Morgan fingerprint density at radius 3 is 2.79 bits per heavy atom. The predicted octanol–water partition coefficient (Wildman–Crippen LogP) is 1.56. The average molecular weight is 487 g/mol. The van der Waals surface area contributed by atoms with Crippen molar-refractivity contribution in [3.8, 4) is 0 Å². The van der Waals surface area contributed by atoms with Gasteiger partial charge in [0.15, 0.2) is 15.8 Å². The van der Waals surface area contributed by atoms with Crippen molar-refractivity contribution >= 4 is 51.1 Å². The third kappa shape index (κ3) is 6.49. The number of aliphatic hydroxyl groups is 1. The first kappa shape index (κ1) is 21.7. The fraction of sp³-hybridized carbons (Fsp3) is 0.667.